The SMILES string of the molecule is Cc1ccc(OS(=O)(=O)[O-])cc1-[n+]1ccccc1. The quantitative estimate of drug-likeness (QED) is 0.473. The summed E-state index contributed by atoms with van der Waals surface area (Å²) in [6.07, 6.45) is 3.63. The topological polar surface area (TPSA) is 70.3 Å². The fourth-order valence-corrected chi connectivity index (χ4v) is 1.94. The fourth-order valence-electron chi connectivity index (χ4n) is 1.60. The van der Waals surface area contributed by atoms with Gasteiger partial charge in [-0.1, -0.05) is 6.07 Å². The van der Waals surface area contributed by atoms with Crippen molar-refractivity contribution >= 4 is 10.4 Å². The highest BCUT2D eigenvalue weighted by Crippen LogP contribution is 2.18. The van der Waals surface area contributed by atoms with E-state index in [0.717, 1.165) is 11.3 Å². The maximum absolute atomic E-state index is 10.5. The first-order valence-electron chi connectivity index (χ1n) is 5.18. The van der Waals surface area contributed by atoms with Gasteiger partial charge in [-0.15, -0.1) is 0 Å². The van der Waals surface area contributed by atoms with Gasteiger partial charge in [0.2, 0.25) is 5.69 Å². The van der Waals surface area contributed by atoms with Crippen LogP contribution in [0.25, 0.3) is 5.69 Å². The molecule has 5 nitrogen and oxygen atoms in total. The molecular formula is C12H11NO4S. The van der Waals surface area contributed by atoms with Crippen molar-refractivity contribution in [3.63, 3.8) is 0 Å². The minimum absolute atomic E-state index is 0.00181. The monoisotopic (exact) mass is 265 g/mol. The van der Waals surface area contributed by atoms with Gasteiger partial charge in [0.15, 0.2) is 12.4 Å². The van der Waals surface area contributed by atoms with E-state index in [1.165, 1.54) is 12.1 Å². The minimum atomic E-state index is -4.75. The van der Waals surface area contributed by atoms with Crippen LogP contribution in [0.5, 0.6) is 5.75 Å². The molecule has 0 radical (unpaired) electrons. The Morgan fingerprint density at radius 2 is 1.83 bits per heavy atom. The Hall–Kier alpha value is -1.92. The normalized spacial score (nSPS) is 11.2. The van der Waals surface area contributed by atoms with Gasteiger partial charge >= 0.3 is 0 Å². The van der Waals surface area contributed by atoms with Gasteiger partial charge in [-0.2, -0.15) is 4.57 Å². The number of aryl methyl sites for hydroxylation is 1. The number of nitrogens with zero attached hydrogens (tertiary/aromatic N) is 1. The third-order valence-corrected chi connectivity index (χ3v) is 2.77. The highest BCUT2D eigenvalue weighted by atomic mass is 32.3. The van der Waals surface area contributed by atoms with Gasteiger partial charge < -0.3 is 8.74 Å². The van der Waals surface area contributed by atoms with Gasteiger partial charge in [-0.3, -0.25) is 0 Å². The standard InChI is InChI=1S/C12H11NO4S/c1-10-5-6-11(17-18(14,15)16)9-12(10)13-7-3-2-4-8-13/h2-9H,1H3. The van der Waals surface area contributed by atoms with E-state index < -0.39 is 10.4 Å². The molecule has 0 atom stereocenters. The fraction of sp³-hybridized carbons (Fsp3) is 0.0833. The molecule has 1 heterocycles. The van der Waals surface area contributed by atoms with Crippen molar-refractivity contribution in [2.75, 3.05) is 0 Å². The Morgan fingerprint density at radius 1 is 1.17 bits per heavy atom. The molecule has 0 spiro atoms. The molecule has 0 aliphatic carbocycles. The predicted octanol–water partition coefficient (Wildman–Crippen LogP) is 1.11. The van der Waals surface area contributed by atoms with Gasteiger partial charge in [0, 0.05) is 17.7 Å². The first-order chi connectivity index (χ1) is 8.46. The molecule has 0 amide bonds. The van der Waals surface area contributed by atoms with E-state index in [4.69, 9.17) is 0 Å². The molecule has 18 heavy (non-hydrogen) atoms. The molecule has 0 aliphatic rings. The number of hydrogen-bond acceptors (Lipinski definition) is 4. The molecule has 0 fully saturated rings. The van der Waals surface area contributed by atoms with E-state index >= 15 is 0 Å². The smallest absolute Gasteiger partial charge is 0.262 e. The van der Waals surface area contributed by atoms with Crippen molar-refractivity contribution in [2.24, 2.45) is 0 Å². The van der Waals surface area contributed by atoms with Crippen LogP contribution in [0, 0.1) is 6.92 Å². The Labute approximate surface area is 105 Å². The van der Waals surface area contributed by atoms with Crippen LogP contribution in [0.15, 0.2) is 48.8 Å². The summed E-state index contributed by atoms with van der Waals surface area (Å²) in [7, 11) is -4.75. The molecule has 0 saturated carbocycles. The van der Waals surface area contributed by atoms with Gasteiger partial charge in [-0.05, 0) is 19.1 Å². The van der Waals surface area contributed by atoms with Gasteiger partial charge in [0.25, 0.3) is 10.4 Å². The number of hydrogen-bond donors (Lipinski definition) is 0. The van der Waals surface area contributed by atoms with Crippen LogP contribution >= 0.6 is 0 Å². The molecular weight excluding hydrogens is 254 g/mol. The Bertz CT molecular complexity index is 653. The molecule has 0 N–H and O–H groups in total. The lowest BCUT2D eigenvalue weighted by molar-refractivity contribution is -0.596. The zero-order valence-electron chi connectivity index (χ0n) is 9.61. The van der Waals surface area contributed by atoms with Crippen LogP contribution in [0.1, 0.15) is 5.56 Å². The minimum Gasteiger partial charge on any atom is -0.716 e. The number of aromatic nitrogens is 1. The number of benzene rings is 1. The molecule has 0 bridgehead atoms. The van der Waals surface area contributed by atoms with E-state index in [9.17, 15) is 13.0 Å². The van der Waals surface area contributed by atoms with Crippen molar-refractivity contribution in [3.05, 3.63) is 54.4 Å². The third-order valence-electron chi connectivity index (χ3n) is 2.37. The molecule has 2 aromatic rings. The van der Waals surface area contributed by atoms with E-state index in [1.807, 2.05) is 37.5 Å². The maximum atomic E-state index is 10.5. The van der Waals surface area contributed by atoms with Crippen molar-refractivity contribution in [3.8, 4) is 11.4 Å². The van der Waals surface area contributed by atoms with Crippen molar-refractivity contribution in [1.82, 2.24) is 0 Å². The zero-order chi connectivity index (χ0) is 13.2. The van der Waals surface area contributed by atoms with Crippen molar-refractivity contribution < 1.29 is 21.7 Å². The first-order valence-corrected chi connectivity index (χ1v) is 6.52. The highest BCUT2D eigenvalue weighted by Gasteiger charge is 2.11. The molecule has 2 rings (SSSR count). The second kappa shape index (κ2) is 4.75. The second-order valence-electron chi connectivity index (χ2n) is 3.72. The molecule has 1 aromatic heterocycles. The van der Waals surface area contributed by atoms with E-state index in [2.05, 4.69) is 4.18 Å². The Morgan fingerprint density at radius 3 is 2.44 bits per heavy atom. The summed E-state index contributed by atoms with van der Waals surface area (Å²) in [5, 5.41) is 0. The second-order valence-corrected chi connectivity index (χ2v) is 4.71. The maximum Gasteiger partial charge on any atom is 0.262 e. The molecule has 94 valence electrons. The summed E-state index contributed by atoms with van der Waals surface area (Å²) in [5.41, 5.74) is 1.68. The molecule has 0 aliphatic heterocycles. The molecule has 0 saturated heterocycles. The van der Waals surface area contributed by atoms with Crippen LogP contribution in [0.2, 0.25) is 0 Å². The van der Waals surface area contributed by atoms with Gasteiger partial charge in [0.05, 0.1) is 6.07 Å². The highest BCUT2D eigenvalue weighted by molar-refractivity contribution is 7.81. The molecule has 0 unspecified atom stereocenters. The predicted molar refractivity (Wildman–Crippen MR) is 63.0 cm³/mol. The van der Waals surface area contributed by atoms with Gasteiger partial charge in [0.1, 0.15) is 5.75 Å². The summed E-state index contributed by atoms with van der Waals surface area (Å²) >= 11 is 0. The lowest BCUT2D eigenvalue weighted by Gasteiger charge is -2.09. The lowest BCUT2D eigenvalue weighted by atomic mass is 10.2. The average Bonchev–Trinajstić information content (AvgIpc) is 2.31. The summed E-state index contributed by atoms with van der Waals surface area (Å²) in [6, 6.07) is 10.2. The molecule has 6 heteroatoms. The van der Waals surface area contributed by atoms with Crippen LogP contribution in [-0.4, -0.2) is 13.0 Å². The van der Waals surface area contributed by atoms with Crippen LogP contribution < -0.4 is 8.75 Å². The van der Waals surface area contributed by atoms with Gasteiger partial charge in [-0.25, -0.2) is 8.42 Å². The zero-order valence-corrected chi connectivity index (χ0v) is 10.4. The van der Waals surface area contributed by atoms with Crippen LogP contribution in [0.3, 0.4) is 0 Å². The van der Waals surface area contributed by atoms with E-state index in [-0.39, 0.29) is 5.75 Å². The third kappa shape index (κ3) is 3.06. The van der Waals surface area contributed by atoms with E-state index in [0.29, 0.717) is 0 Å². The van der Waals surface area contributed by atoms with Crippen molar-refractivity contribution in [2.45, 2.75) is 6.92 Å². The summed E-state index contributed by atoms with van der Waals surface area (Å²) in [6.45, 7) is 1.88. The van der Waals surface area contributed by atoms with Crippen LogP contribution in [0.4, 0.5) is 0 Å². The molecule has 1 aromatic carbocycles. The Balaban J connectivity index is 2.46. The number of rotatable bonds is 3. The van der Waals surface area contributed by atoms with Crippen molar-refractivity contribution in [1.29, 1.82) is 0 Å². The van der Waals surface area contributed by atoms with Crippen LogP contribution in [-0.2, 0) is 10.4 Å². The van der Waals surface area contributed by atoms with E-state index in [1.54, 1.807) is 10.6 Å². The largest absolute Gasteiger partial charge is 0.716 e. The Kier molecular flexibility index (Phi) is 3.31. The summed E-state index contributed by atoms with van der Waals surface area (Å²) in [4.78, 5) is 0. The summed E-state index contributed by atoms with van der Waals surface area (Å²) in [5.74, 6) is 0.00181. The average molecular weight is 265 g/mol. The lowest BCUT2D eigenvalue weighted by Crippen LogP contribution is -2.30. The first kappa shape index (κ1) is 12.5. The number of pyridine rings is 1. The summed E-state index contributed by atoms with van der Waals surface area (Å²) < 4.78 is 37.8.